The average molecular weight is 299 g/mol. The number of aryl methyl sites for hydroxylation is 1. The highest BCUT2D eigenvalue weighted by Crippen LogP contribution is 2.24. The van der Waals surface area contributed by atoms with Crippen molar-refractivity contribution < 1.29 is 4.79 Å². The summed E-state index contributed by atoms with van der Waals surface area (Å²) in [4.78, 5) is 16.7. The van der Waals surface area contributed by atoms with E-state index >= 15 is 0 Å². The molecule has 0 N–H and O–H groups in total. The number of ketones is 1. The van der Waals surface area contributed by atoms with Crippen molar-refractivity contribution in [2.24, 2.45) is 0 Å². The molecule has 2 nitrogen and oxygen atoms in total. The van der Waals surface area contributed by atoms with Crippen LogP contribution in [0.15, 0.2) is 46.5 Å². The van der Waals surface area contributed by atoms with Gasteiger partial charge >= 0.3 is 0 Å². The largest absolute Gasteiger partial charge is 0.291 e. The molecule has 3 rings (SSSR count). The van der Waals surface area contributed by atoms with Gasteiger partial charge in [0.2, 0.25) is 0 Å². The van der Waals surface area contributed by atoms with Gasteiger partial charge < -0.3 is 0 Å². The van der Waals surface area contributed by atoms with E-state index in [-0.39, 0.29) is 5.78 Å². The quantitative estimate of drug-likeness (QED) is 0.659. The van der Waals surface area contributed by atoms with E-state index in [4.69, 9.17) is 0 Å². The maximum absolute atomic E-state index is 12.2. The maximum Gasteiger partial charge on any atom is 0.195 e. The van der Waals surface area contributed by atoms with Crippen molar-refractivity contribution in [1.82, 2.24) is 4.98 Å². The second kappa shape index (κ2) is 5.69. The first kappa shape index (κ1) is 13.2. The Bertz CT molecular complexity index is 711. The Morgan fingerprint density at radius 1 is 1.15 bits per heavy atom. The summed E-state index contributed by atoms with van der Waals surface area (Å²) in [5, 5.41) is 6.60. The van der Waals surface area contributed by atoms with E-state index in [1.807, 2.05) is 53.4 Å². The summed E-state index contributed by atoms with van der Waals surface area (Å²) in [6, 6.07) is 10.1. The number of hydrogen-bond acceptors (Lipinski definition) is 4. The normalized spacial score (nSPS) is 10.7. The number of aromatic nitrogens is 1. The summed E-state index contributed by atoms with van der Waals surface area (Å²) in [5.41, 5.74) is 4.22. The monoisotopic (exact) mass is 299 g/mol. The van der Waals surface area contributed by atoms with Crippen molar-refractivity contribution in [3.63, 3.8) is 0 Å². The lowest BCUT2D eigenvalue weighted by Gasteiger charge is -1.99. The van der Waals surface area contributed by atoms with Crippen molar-refractivity contribution in [1.29, 1.82) is 0 Å². The van der Waals surface area contributed by atoms with Crippen LogP contribution in [0.5, 0.6) is 0 Å². The second-order valence-corrected chi connectivity index (χ2v) is 6.27. The molecule has 4 heteroatoms. The van der Waals surface area contributed by atoms with Crippen LogP contribution in [0.4, 0.5) is 0 Å². The Balaban J connectivity index is 1.76. The van der Waals surface area contributed by atoms with Gasteiger partial charge in [-0.1, -0.05) is 29.8 Å². The molecule has 0 fully saturated rings. The minimum atomic E-state index is 0.0836. The molecule has 2 heterocycles. The fourth-order valence-electron chi connectivity index (χ4n) is 1.91. The Morgan fingerprint density at radius 3 is 2.65 bits per heavy atom. The molecule has 3 aromatic rings. The van der Waals surface area contributed by atoms with Gasteiger partial charge in [0.25, 0.3) is 0 Å². The molecule has 2 aromatic heterocycles. The first-order valence-corrected chi connectivity index (χ1v) is 8.11. The summed E-state index contributed by atoms with van der Waals surface area (Å²) in [6.45, 7) is 2.04. The van der Waals surface area contributed by atoms with Crippen molar-refractivity contribution >= 4 is 28.5 Å². The van der Waals surface area contributed by atoms with Crippen molar-refractivity contribution in [3.05, 3.63) is 62.6 Å². The summed E-state index contributed by atoms with van der Waals surface area (Å²) >= 11 is 3.06. The number of nitrogens with zero attached hydrogens (tertiary/aromatic N) is 1. The topological polar surface area (TPSA) is 30.0 Å². The van der Waals surface area contributed by atoms with Gasteiger partial charge in [-0.05, 0) is 23.9 Å². The van der Waals surface area contributed by atoms with Crippen LogP contribution in [0, 0.1) is 6.92 Å². The standard InChI is InChI=1S/C16H13NOS2/c1-11-2-4-12(5-3-11)8-15(18)16-17-14(10-20-16)13-6-7-19-9-13/h2-7,9-10H,8H2,1H3. The van der Waals surface area contributed by atoms with E-state index in [0.29, 0.717) is 11.4 Å². The van der Waals surface area contributed by atoms with E-state index in [1.54, 1.807) is 11.3 Å². The summed E-state index contributed by atoms with van der Waals surface area (Å²) in [7, 11) is 0. The first-order valence-electron chi connectivity index (χ1n) is 6.29. The minimum Gasteiger partial charge on any atom is -0.291 e. The van der Waals surface area contributed by atoms with Crippen LogP contribution in [0.1, 0.15) is 20.9 Å². The molecule has 0 unspecified atom stereocenters. The number of thiophene rings is 1. The van der Waals surface area contributed by atoms with E-state index in [0.717, 1.165) is 16.8 Å². The summed E-state index contributed by atoms with van der Waals surface area (Å²) < 4.78 is 0. The zero-order chi connectivity index (χ0) is 13.9. The van der Waals surface area contributed by atoms with E-state index < -0.39 is 0 Å². The fraction of sp³-hybridized carbons (Fsp3) is 0.125. The lowest BCUT2D eigenvalue weighted by molar-refractivity contribution is 0.0992. The van der Waals surface area contributed by atoms with Gasteiger partial charge in [0.1, 0.15) is 0 Å². The highest BCUT2D eigenvalue weighted by Gasteiger charge is 2.13. The molecule has 0 radical (unpaired) electrons. The first-order chi connectivity index (χ1) is 9.72. The predicted octanol–water partition coefficient (Wildman–Crippen LogP) is 4.61. The third kappa shape index (κ3) is 2.86. The van der Waals surface area contributed by atoms with Crippen molar-refractivity contribution in [2.45, 2.75) is 13.3 Å². The number of Topliss-reactive ketones (excluding diaryl/α,β-unsaturated/α-hetero) is 1. The Hall–Kier alpha value is -1.78. The number of rotatable bonds is 4. The molecule has 0 aliphatic rings. The molecule has 1 aromatic carbocycles. The Morgan fingerprint density at radius 2 is 1.95 bits per heavy atom. The van der Waals surface area contributed by atoms with Gasteiger partial charge in [0.15, 0.2) is 10.8 Å². The van der Waals surface area contributed by atoms with E-state index in [2.05, 4.69) is 4.98 Å². The highest BCUT2D eigenvalue weighted by molar-refractivity contribution is 7.12. The zero-order valence-corrected chi connectivity index (χ0v) is 12.6. The second-order valence-electron chi connectivity index (χ2n) is 4.64. The van der Waals surface area contributed by atoms with Crippen molar-refractivity contribution in [3.8, 4) is 11.3 Å². The summed E-state index contributed by atoms with van der Waals surface area (Å²) in [6.07, 6.45) is 0.414. The maximum atomic E-state index is 12.2. The molecule has 0 saturated carbocycles. The molecule has 0 spiro atoms. The number of hydrogen-bond donors (Lipinski definition) is 0. The third-order valence-corrected chi connectivity index (χ3v) is 4.61. The van der Waals surface area contributed by atoms with E-state index in [9.17, 15) is 4.79 Å². The molecule has 20 heavy (non-hydrogen) atoms. The Kier molecular flexibility index (Phi) is 3.76. The molecule has 0 bridgehead atoms. The van der Waals surface area contributed by atoms with Gasteiger partial charge in [0.05, 0.1) is 5.69 Å². The molecular weight excluding hydrogens is 286 g/mol. The van der Waals surface area contributed by atoms with Crippen LogP contribution < -0.4 is 0 Å². The molecular formula is C16H13NOS2. The van der Waals surface area contributed by atoms with Crippen LogP contribution in [0.2, 0.25) is 0 Å². The van der Waals surface area contributed by atoms with Gasteiger partial charge in [-0.25, -0.2) is 4.98 Å². The number of thiazole rings is 1. The van der Waals surface area contributed by atoms with Gasteiger partial charge in [-0.2, -0.15) is 11.3 Å². The van der Waals surface area contributed by atoms with Crippen LogP contribution >= 0.6 is 22.7 Å². The highest BCUT2D eigenvalue weighted by atomic mass is 32.1. The smallest absolute Gasteiger partial charge is 0.195 e. The van der Waals surface area contributed by atoms with Crippen LogP contribution in [0.25, 0.3) is 11.3 Å². The fourth-order valence-corrected chi connectivity index (χ4v) is 3.33. The molecule has 0 atom stereocenters. The third-order valence-electron chi connectivity index (χ3n) is 3.04. The molecule has 0 saturated heterocycles. The number of carbonyl (C=O) groups excluding carboxylic acids is 1. The number of carbonyl (C=O) groups is 1. The molecule has 0 aliphatic heterocycles. The average Bonchev–Trinajstić information content (AvgIpc) is 3.11. The van der Waals surface area contributed by atoms with Gasteiger partial charge in [-0.3, -0.25) is 4.79 Å². The Labute approximate surface area is 125 Å². The van der Waals surface area contributed by atoms with Crippen LogP contribution in [-0.2, 0) is 6.42 Å². The van der Waals surface area contributed by atoms with Gasteiger partial charge in [0, 0.05) is 22.7 Å². The van der Waals surface area contributed by atoms with Crippen LogP contribution in [0.3, 0.4) is 0 Å². The van der Waals surface area contributed by atoms with E-state index in [1.165, 1.54) is 16.9 Å². The van der Waals surface area contributed by atoms with Gasteiger partial charge in [-0.15, -0.1) is 11.3 Å². The zero-order valence-electron chi connectivity index (χ0n) is 11.0. The van der Waals surface area contributed by atoms with Crippen LogP contribution in [-0.4, -0.2) is 10.8 Å². The SMILES string of the molecule is Cc1ccc(CC(=O)c2nc(-c3ccsc3)cs2)cc1. The molecule has 0 amide bonds. The minimum absolute atomic E-state index is 0.0836. The summed E-state index contributed by atoms with van der Waals surface area (Å²) in [5.74, 6) is 0.0836. The molecule has 100 valence electrons. The number of benzene rings is 1. The molecule has 0 aliphatic carbocycles. The van der Waals surface area contributed by atoms with Crippen molar-refractivity contribution in [2.75, 3.05) is 0 Å². The lowest BCUT2D eigenvalue weighted by atomic mass is 10.1. The predicted molar refractivity (Wildman–Crippen MR) is 84.6 cm³/mol. The lowest BCUT2D eigenvalue weighted by Crippen LogP contribution is -2.02.